The van der Waals surface area contributed by atoms with E-state index in [9.17, 15) is 15.3 Å². The van der Waals surface area contributed by atoms with Gasteiger partial charge in [-0.2, -0.15) is 0 Å². The minimum Gasteiger partial charge on any atom is -0.504 e. The Morgan fingerprint density at radius 3 is 1.12 bits per heavy atom. The first-order chi connectivity index (χ1) is 19.5. The number of aromatic hydroxyl groups is 3. The zero-order valence-corrected chi connectivity index (χ0v) is 23.0. The van der Waals surface area contributed by atoms with Crippen molar-refractivity contribution >= 4 is 18.6 Å². The highest BCUT2D eigenvalue weighted by atomic mass is 16.5. The van der Waals surface area contributed by atoms with Crippen LogP contribution in [0.25, 0.3) is 0 Å². The van der Waals surface area contributed by atoms with E-state index < -0.39 is 0 Å². The molecule has 10 heteroatoms. The standard InChI is InChI=1S/C30H36N4O6/c1-38-25-10-4-7-22(28(25)35)19-31-13-16-34(17-14-32-20-23-8-5-11-26(39-2)29(23)36)18-15-33-21-24-9-6-12-27(40-3)30(24)37/h4-12,19-21,35-37H,13-18H2,1-3H3. The van der Waals surface area contributed by atoms with Crippen molar-refractivity contribution in [1.82, 2.24) is 4.90 Å². The molecule has 0 saturated carbocycles. The number of rotatable bonds is 15. The summed E-state index contributed by atoms with van der Waals surface area (Å²) in [4.78, 5) is 15.6. The average Bonchev–Trinajstić information content (AvgIpc) is 2.97. The number of hydrogen-bond donors (Lipinski definition) is 3. The lowest BCUT2D eigenvalue weighted by atomic mass is 10.2. The molecule has 0 amide bonds. The van der Waals surface area contributed by atoms with Crippen molar-refractivity contribution in [3.8, 4) is 34.5 Å². The molecule has 3 aromatic rings. The second kappa shape index (κ2) is 15.7. The van der Waals surface area contributed by atoms with Gasteiger partial charge in [0.15, 0.2) is 34.5 Å². The zero-order chi connectivity index (χ0) is 28.7. The molecule has 0 bridgehead atoms. The Hall–Kier alpha value is -4.57. The lowest BCUT2D eigenvalue weighted by Gasteiger charge is -2.19. The molecule has 0 spiro atoms. The third kappa shape index (κ3) is 8.47. The van der Waals surface area contributed by atoms with Gasteiger partial charge in [0.2, 0.25) is 0 Å². The summed E-state index contributed by atoms with van der Waals surface area (Å²) >= 11 is 0. The fourth-order valence-electron chi connectivity index (χ4n) is 3.85. The largest absolute Gasteiger partial charge is 0.504 e. The van der Waals surface area contributed by atoms with Crippen molar-refractivity contribution in [2.45, 2.75) is 0 Å². The quantitative estimate of drug-likeness (QED) is 0.247. The number of phenols is 3. The van der Waals surface area contributed by atoms with Crippen LogP contribution in [0.5, 0.6) is 34.5 Å². The van der Waals surface area contributed by atoms with Gasteiger partial charge >= 0.3 is 0 Å². The van der Waals surface area contributed by atoms with Crippen molar-refractivity contribution in [3.05, 3.63) is 71.3 Å². The van der Waals surface area contributed by atoms with Gasteiger partial charge in [0.05, 0.1) is 41.0 Å². The minimum absolute atomic E-state index is 0.0517. The van der Waals surface area contributed by atoms with E-state index >= 15 is 0 Å². The lowest BCUT2D eigenvalue weighted by molar-refractivity contribution is 0.298. The van der Waals surface area contributed by atoms with Crippen LogP contribution >= 0.6 is 0 Å². The van der Waals surface area contributed by atoms with Crippen molar-refractivity contribution < 1.29 is 29.5 Å². The van der Waals surface area contributed by atoms with Gasteiger partial charge in [-0.3, -0.25) is 19.9 Å². The predicted molar refractivity (Wildman–Crippen MR) is 158 cm³/mol. The summed E-state index contributed by atoms with van der Waals surface area (Å²) in [5.74, 6) is 1.34. The van der Waals surface area contributed by atoms with Crippen LogP contribution in [0.15, 0.2) is 69.6 Å². The summed E-state index contributed by atoms with van der Waals surface area (Å²) < 4.78 is 15.5. The number of aliphatic imine (C=N–C) groups is 3. The van der Waals surface area contributed by atoms with E-state index in [1.165, 1.54) is 21.3 Å². The summed E-state index contributed by atoms with van der Waals surface area (Å²) in [7, 11) is 4.51. The van der Waals surface area contributed by atoms with Crippen molar-refractivity contribution in [3.63, 3.8) is 0 Å². The molecule has 10 nitrogen and oxygen atoms in total. The molecule has 40 heavy (non-hydrogen) atoms. The van der Waals surface area contributed by atoms with Gasteiger partial charge in [-0.05, 0) is 36.4 Å². The van der Waals surface area contributed by atoms with Gasteiger partial charge in [0, 0.05) is 55.0 Å². The molecule has 0 aromatic heterocycles. The second-order valence-corrected chi connectivity index (χ2v) is 8.64. The molecule has 3 aromatic carbocycles. The summed E-state index contributed by atoms with van der Waals surface area (Å²) in [5.41, 5.74) is 1.74. The van der Waals surface area contributed by atoms with Crippen molar-refractivity contribution in [2.24, 2.45) is 15.0 Å². The highest BCUT2D eigenvalue weighted by molar-refractivity contribution is 5.86. The Kier molecular flexibility index (Phi) is 11.8. The van der Waals surface area contributed by atoms with Crippen LogP contribution in [0.2, 0.25) is 0 Å². The van der Waals surface area contributed by atoms with E-state index in [1.807, 2.05) is 0 Å². The molecular weight excluding hydrogens is 512 g/mol. The van der Waals surface area contributed by atoms with Gasteiger partial charge in [-0.15, -0.1) is 0 Å². The Labute approximate surface area is 234 Å². The molecule has 212 valence electrons. The normalized spacial score (nSPS) is 11.7. The maximum atomic E-state index is 10.3. The van der Waals surface area contributed by atoms with Crippen LogP contribution < -0.4 is 14.2 Å². The number of benzene rings is 3. The van der Waals surface area contributed by atoms with Crippen LogP contribution in [0, 0.1) is 0 Å². The maximum Gasteiger partial charge on any atom is 0.166 e. The Morgan fingerprint density at radius 2 is 0.850 bits per heavy atom. The van der Waals surface area contributed by atoms with Crippen LogP contribution in [0.4, 0.5) is 0 Å². The van der Waals surface area contributed by atoms with Gasteiger partial charge in [-0.25, -0.2) is 0 Å². The third-order valence-electron chi connectivity index (χ3n) is 6.08. The molecule has 0 fully saturated rings. The number of para-hydroxylation sites is 3. The Morgan fingerprint density at radius 1 is 0.550 bits per heavy atom. The molecular formula is C30H36N4O6. The lowest BCUT2D eigenvalue weighted by Crippen LogP contribution is -2.31. The van der Waals surface area contributed by atoms with E-state index in [4.69, 9.17) is 14.2 Å². The number of ether oxygens (including phenoxy) is 3. The monoisotopic (exact) mass is 548 g/mol. The highest BCUT2D eigenvalue weighted by Crippen LogP contribution is 2.29. The maximum absolute atomic E-state index is 10.3. The fraction of sp³-hybridized carbons (Fsp3) is 0.300. The first kappa shape index (κ1) is 30.0. The summed E-state index contributed by atoms with van der Waals surface area (Å²) in [6.45, 7) is 3.41. The third-order valence-corrected chi connectivity index (χ3v) is 6.08. The molecule has 0 aliphatic rings. The topological polar surface area (TPSA) is 129 Å². The molecule has 3 rings (SSSR count). The van der Waals surface area contributed by atoms with Gasteiger partial charge < -0.3 is 29.5 Å². The Balaban J connectivity index is 1.61. The highest BCUT2D eigenvalue weighted by Gasteiger charge is 2.08. The van der Waals surface area contributed by atoms with Gasteiger partial charge in [0.1, 0.15) is 0 Å². The van der Waals surface area contributed by atoms with Crippen LogP contribution in [-0.4, -0.2) is 99.5 Å². The molecule has 0 aliphatic heterocycles. The van der Waals surface area contributed by atoms with Gasteiger partial charge in [-0.1, -0.05) is 18.2 Å². The summed E-state index contributed by atoms with van der Waals surface area (Å²) in [6, 6.07) is 15.7. The van der Waals surface area contributed by atoms with Crippen LogP contribution in [0.3, 0.4) is 0 Å². The van der Waals surface area contributed by atoms with E-state index in [1.54, 1.807) is 73.2 Å². The molecule has 0 unspecified atom stereocenters. The van der Waals surface area contributed by atoms with Crippen molar-refractivity contribution in [1.29, 1.82) is 0 Å². The summed E-state index contributed by atoms with van der Waals surface area (Å²) in [5, 5.41) is 30.8. The van der Waals surface area contributed by atoms with Gasteiger partial charge in [0.25, 0.3) is 0 Å². The minimum atomic E-state index is 0.0517. The second-order valence-electron chi connectivity index (χ2n) is 8.64. The molecule has 0 atom stereocenters. The van der Waals surface area contributed by atoms with E-state index in [0.717, 1.165) is 0 Å². The van der Waals surface area contributed by atoms with Crippen molar-refractivity contribution in [2.75, 3.05) is 60.6 Å². The molecule has 0 heterocycles. The number of hydrogen-bond acceptors (Lipinski definition) is 10. The van der Waals surface area contributed by atoms with E-state index in [2.05, 4.69) is 19.9 Å². The first-order valence-electron chi connectivity index (χ1n) is 12.8. The number of phenolic OH excluding ortho intramolecular Hbond substituents is 3. The van der Waals surface area contributed by atoms with Crippen LogP contribution in [-0.2, 0) is 0 Å². The molecule has 0 radical (unpaired) electrons. The first-order valence-corrected chi connectivity index (χ1v) is 12.8. The van der Waals surface area contributed by atoms with E-state index in [0.29, 0.717) is 73.2 Å². The predicted octanol–water partition coefficient (Wildman–Crippen LogP) is 3.79. The fourth-order valence-corrected chi connectivity index (χ4v) is 3.85. The number of nitrogens with zero attached hydrogens (tertiary/aromatic N) is 4. The van der Waals surface area contributed by atoms with E-state index in [-0.39, 0.29) is 17.2 Å². The smallest absolute Gasteiger partial charge is 0.166 e. The SMILES string of the molecule is COc1cccc(C=NCCN(CCN=Cc2cccc(OC)c2O)CCN=Cc2cccc(OC)c2O)c1O. The Bertz CT molecular complexity index is 1170. The molecule has 0 saturated heterocycles. The molecule has 0 aliphatic carbocycles. The molecule has 3 N–H and O–H groups in total. The van der Waals surface area contributed by atoms with Crippen LogP contribution in [0.1, 0.15) is 16.7 Å². The number of methoxy groups -OCH3 is 3. The zero-order valence-electron chi connectivity index (χ0n) is 23.0. The summed E-state index contributed by atoms with van der Waals surface area (Å²) in [6.07, 6.45) is 4.89. The average molecular weight is 549 g/mol.